The third kappa shape index (κ3) is 3.01. The quantitative estimate of drug-likeness (QED) is 0.492. The molecule has 0 saturated heterocycles. The molecule has 4 nitrogen and oxygen atoms in total. The number of nitro benzene ring substituents is 1. The first-order valence-corrected chi connectivity index (χ1v) is 7.66. The summed E-state index contributed by atoms with van der Waals surface area (Å²) in [4.78, 5) is 10.2. The summed E-state index contributed by atoms with van der Waals surface area (Å²) in [6, 6.07) is 6.89. The molecule has 0 spiro atoms. The van der Waals surface area contributed by atoms with Gasteiger partial charge in [0, 0.05) is 12.1 Å². The average Bonchev–Trinajstić information content (AvgIpc) is 3.06. The van der Waals surface area contributed by atoms with E-state index < -0.39 is 0 Å². The molecule has 108 valence electrons. The van der Waals surface area contributed by atoms with Crippen LogP contribution in [0.25, 0.3) is 0 Å². The summed E-state index contributed by atoms with van der Waals surface area (Å²) in [6.07, 6.45) is 6.74. The monoisotopic (exact) mass is 274 g/mol. The Hall–Kier alpha value is -1.42. The predicted molar refractivity (Wildman–Crippen MR) is 78.6 cm³/mol. The summed E-state index contributed by atoms with van der Waals surface area (Å²) in [6.45, 7) is 2.11. The number of hydrogen-bond donors (Lipinski definition) is 1. The molecule has 1 aromatic rings. The SMILES string of the molecule is O=[N+]([O-])c1ccc(CCNCC2CC3CCC2C3)cc1. The van der Waals surface area contributed by atoms with E-state index in [2.05, 4.69) is 5.32 Å². The van der Waals surface area contributed by atoms with Gasteiger partial charge >= 0.3 is 0 Å². The summed E-state index contributed by atoms with van der Waals surface area (Å²) >= 11 is 0. The van der Waals surface area contributed by atoms with Crippen LogP contribution in [0.4, 0.5) is 5.69 Å². The zero-order valence-corrected chi connectivity index (χ0v) is 11.8. The maximum absolute atomic E-state index is 10.6. The van der Waals surface area contributed by atoms with Crippen LogP contribution in [0.2, 0.25) is 0 Å². The Balaban J connectivity index is 1.38. The molecule has 4 heteroatoms. The minimum Gasteiger partial charge on any atom is -0.316 e. The van der Waals surface area contributed by atoms with E-state index in [9.17, 15) is 10.1 Å². The van der Waals surface area contributed by atoms with Gasteiger partial charge in [-0.05, 0) is 62.1 Å². The molecular formula is C16H22N2O2. The molecule has 3 unspecified atom stereocenters. The van der Waals surface area contributed by atoms with Crippen molar-refractivity contribution in [3.63, 3.8) is 0 Å². The fourth-order valence-corrected chi connectivity index (χ4v) is 3.93. The second-order valence-corrected chi connectivity index (χ2v) is 6.31. The molecule has 2 bridgehead atoms. The summed E-state index contributed by atoms with van der Waals surface area (Å²) in [5, 5.41) is 14.1. The van der Waals surface area contributed by atoms with Crippen LogP contribution in [-0.4, -0.2) is 18.0 Å². The Morgan fingerprint density at radius 3 is 2.60 bits per heavy atom. The lowest BCUT2D eigenvalue weighted by Crippen LogP contribution is -2.28. The van der Waals surface area contributed by atoms with Crippen LogP contribution >= 0.6 is 0 Å². The highest BCUT2D eigenvalue weighted by atomic mass is 16.6. The van der Waals surface area contributed by atoms with E-state index in [-0.39, 0.29) is 10.6 Å². The first-order valence-electron chi connectivity index (χ1n) is 7.66. The van der Waals surface area contributed by atoms with Gasteiger partial charge in [-0.2, -0.15) is 0 Å². The molecule has 0 amide bonds. The number of benzene rings is 1. The first kappa shape index (κ1) is 13.6. The van der Waals surface area contributed by atoms with Crippen molar-refractivity contribution < 1.29 is 4.92 Å². The number of nitrogens with zero attached hydrogens (tertiary/aromatic N) is 1. The second kappa shape index (κ2) is 5.92. The van der Waals surface area contributed by atoms with E-state index in [0.717, 1.165) is 42.8 Å². The minimum atomic E-state index is -0.350. The summed E-state index contributed by atoms with van der Waals surface area (Å²) in [7, 11) is 0. The number of non-ortho nitro benzene ring substituents is 1. The van der Waals surface area contributed by atoms with Crippen LogP contribution in [-0.2, 0) is 6.42 Å². The molecule has 20 heavy (non-hydrogen) atoms. The van der Waals surface area contributed by atoms with Crippen LogP contribution in [0.1, 0.15) is 31.2 Å². The van der Waals surface area contributed by atoms with Gasteiger partial charge < -0.3 is 5.32 Å². The van der Waals surface area contributed by atoms with E-state index in [1.165, 1.54) is 25.7 Å². The zero-order chi connectivity index (χ0) is 13.9. The lowest BCUT2D eigenvalue weighted by molar-refractivity contribution is -0.384. The maximum Gasteiger partial charge on any atom is 0.269 e. The van der Waals surface area contributed by atoms with E-state index in [1.807, 2.05) is 12.1 Å². The van der Waals surface area contributed by atoms with Crippen molar-refractivity contribution >= 4 is 5.69 Å². The van der Waals surface area contributed by atoms with Gasteiger partial charge in [0.15, 0.2) is 0 Å². The normalized spacial score (nSPS) is 27.9. The standard InChI is InChI=1S/C16H22N2O2/c19-18(20)16-5-2-12(3-6-16)7-8-17-11-15-10-13-1-4-14(15)9-13/h2-3,5-6,13-15,17H,1,4,7-11H2. The molecule has 2 fully saturated rings. The van der Waals surface area contributed by atoms with Gasteiger partial charge in [0.25, 0.3) is 5.69 Å². The molecule has 3 rings (SSSR count). The molecule has 3 atom stereocenters. The summed E-state index contributed by atoms with van der Waals surface area (Å²) in [5.74, 6) is 2.89. The van der Waals surface area contributed by atoms with Crippen LogP contribution in [0.3, 0.4) is 0 Å². The molecule has 2 aliphatic rings. The van der Waals surface area contributed by atoms with Crippen molar-refractivity contribution in [1.29, 1.82) is 0 Å². The molecule has 1 aromatic carbocycles. The molecule has 1 N–H and O–H groups in total. The Kier molecular flexibility index (Phi) is 4.01. The van der Waals surface area contributed by atoms with Crippen LogP contribution in [0, 0.1) is 27.9 Å². The zero-order valence-electron chi connectivity index (χ0n) is 11.8. The van der Waals surface area contributed by atoms with Crippen molar-refractivity contribution in [2.75, 3.05) is 13.1 Å². The fourth-order valence-electron chi connectivity index (χ4n) is 3.93. The van der Waals surface area contributed by atoms with Crippen LogP contribution < -0.4 is 5.32 Å². The van der Waals surface area contributed by atoms with E-state index in [0.29, 0.717) is 0 Å². The largest absolute Gasteiger partial charge is 0.316 e. The Labute approximate surface area is 119 Å². The third-order valence-electron chi connectivity index (χ3n) is 5.03. The number of nitrogens with one attached hydrogen (secondary N) is 1. The molecule has 0 aliphatic heterocycles. The van der Waals surface area contributed by atoms with Crippen molar-refractivity contribution in [3.8, 4) is 0 Å². The molecular weight excluding hydrogens is 252 g/mol. The Morgan fingerprint density at radius 1 is 1.20 bits per heavy atom. The van der Waals surface area contributed by atoms with Crippen LogP contribution in [0.15, 0.2) is 24.3 Å². The number of nitro groups is 1. The topological polar surface area (TPSA) is 55.2 Å². The molecule has 2 aliphatic carbocycles. The van der Waals surface area contributed by atoms with Gasteiger partial charge in [-0.15, -0.1) is 0 Å². The highest BCUT2D eigenvalue weighted by Gasteiger charge is 2.38. The lowest BCUT2D eigenvalue weighted by atomic mass is 9.89. The van der Waals surface area contributed by atoms with Gasteiger partial charge in [-0.25, -0.2) is 0 Å². The van der Waals surface area contributed by atoms with Gasteiger partial charge in [0.05, 0.1) is 4.92 Å². The number of rotatable bonds is 6. The molecule has 0 radical (unpaired) electrons. The highest BCUT2D eigenvalue weighted by Crippen LogP contribution is 2.47. The summed E-state index contributed by atoms with van der Waals surface area (Å²) in [5.41, 5.74) is 1.33. The van der Waals surface area contributed by atoms with Gasteiger partial charge in [0.2, 0.25) is 0 Å². The molecule has 0 heterocycles. The van der Waals surface area contributed by atoms with Gasteiger partial charge in [0.1, 0.15) is 0 Å². The predicted octanol–water partition coefficient (Wildman–Crippen LogP) is 3.16. The summed E-state index contributed by atoms with van der Waals surface area (Å²) < 4.78 is 0. The smallest absolute Gasteiger partial charge is 0.269 e. The maximum atomic E-state index is 10.6. The highest BCUT2D eigenvalue weighted by molar-refractivity contribution is 5.32. The molecule has 2 saturated carbocycles. The number of hydrogen-bond acceptors (Lipinski definition) is 3. The minimum absolute atomic E-state index is 0.170. The first-order chi connectivity index (χ1) is 9.72. The number of fused-ring (bicyclic) bond motifs is 2. The second-order valence-electron chi connectivity index (χ2n) is 6.31. The Morgan fingerprint density at radius 2 is 2.00 bits per heavy atom. The van der Waals surface area contributed by atoms with E-state index in [4.69, 9.17) is 0 Å². The van der Waals surface area contributed by atoms with E-state index in [1.54, 1.807) is 12.1 Å². The van der Waals surface area contributed by atoms with Gasteiger partial charge in [-0.1, -0.05) is 18.6 Å². The van der Waals surface area contributed by atoms with Crippen LogP contribution in [0.5, 0.6) is 0 Å². The fraction of sp³-hybridized carbons (Fsp3) is 0.625. The van der Waals surface area contributed by atoms with Crippen molar-refractivity contribution in [3.05, 3.63) is 39.9 Å². The Bertz CT molecular complexity index is 472. The van der Waals surface area contributed by atoms with E-state index >= 15 is 0 Å². The van der Waals surface area contributed by atoms with Crippen molar-refractivity contribution in [2.45, 2.75) is 32.1 Å². The lowest BCUT2D eigenvalue weighted by Gasteiger charge is -2.21. The van der Waals surface area contributed by atoms with Crippen molar-refractivity contribution in [2.24, 2.45) is 17.8 Å². The molecule has 0 aromatic heterocycles. The van der Waals surface area contributed by atoms with Crippen molar-refractivity contribution in [1.82, 2.24) is 5.32 Å². The average molecular weight is 274 g/mol. The third-order valence-corrected chi connectivity index (χ3v) is 5.03. The van der Waals surface area contributed by atoms with Gasteiger partial charge in [-0.3, -0.25) is 10.1 Å².